The fourth-order valence-electron chi connectivity index (χ4n) is 9.21. The molecule has 200 valence electrons. The third-order valence-corrected chi connectivity index (χ3v) is 10.9. The predicted molar refractivity (Wildman–Crippen MR) is 135 cm³/mol. The van der Waals surface area contributed by atoms with Gasteiger partial charge in [0.15, 0.2) is 5.78 Å². The van der Waals surface area contributed by atoms with Crippen LogP contribution in [0.4, 0.5) is 0 Å². The molecule has 1 aromatic heterocycles. The number of aromatic nitrogens is 2. The summed E-state index contributed by atoms with van der Waals surface area (Å²) in [5.74, 6) is 2.35. The van der Waals surface area contributed by atoms with E-state index in [-0.39, 0.29) is 41.3 Å². The Balaban J connectivity index is 1.29. The number of nitrogens with zero attached hydrogens (tertiary/aromatic N) is 2. The Kier molecular flexibility index (Phi) is 7.10. The standard InChI is InChI=1S/C29H44N2O5/c1-5-35-26-14-29(4)19(13-24(26)32)7-8-20-21-9-10-23(28(21,3)12-11-22(20)29)25(33)17-31-16-18(15-30-31)27(34)36-6-2/h15-16,19-24,26,32H,5-14,17H2,1-4H3/t19-,20-,21-,22-,23+,24-,26-,28-,29-/m0/s1. The number of hydrogen-bond donors (Lipinski definition) is 1. The van der Waals surface area contributed by atoms with Gasteiger partial charge in [-0.2, -0.15) is 5.10 Å². The zero-order valence-corrected chi connectivity index (χ0v) is 22.4. The van der Waals surface area contributed by atoms with Crippen molar-refractivity contribution in [2.45, 2.75) is 97.8 Å². The van der Waals surface area contributed by atoms with Gasteiger partial charge < -0.3 is 14.6 Å². The van der Waals surface area contributed by atoms with Crippen molar-refractivity contribution in [2.75, 3.05) is 13.2 Å². The van der Waals surface area contributed by atoms with E-state index in [9.17, 15) is 14.7 Å². The summed E-state index contributed by atoms with van der Waals surface area (Å²) >= 11 is 0. The number of Topliss-reactive ketones (excluding diaryl/α,β-unsaturated/α-hetero) is 1. The summed E-state index contributed by atoms with van der Waals surface area (Å²) in [7, 11) is 0. The molecule has 4 saturated carbocycles. The molecule has 0 aromatic carbocycles. The largest absolute Gasteiger partial charge is 0.462 e. The average Bonchev–Trinajstić information content (AvgIpc) is 3.44. The first-order valence-corrected chi connectivity index (χ1v) is 14.2. The molecule has 4 fully saturated rings. The zero-order chi connectivity index (χ0) is 25.7. The molecule has 0 unspecified atom stereocenters. The van der Waals surface area contributed by atoms with E-state index in [0.29, 0.717) is 42.4 Å². The second kappa shape index (κ2) is 9.86. The van der Waals surface area contributed by atoms with Gasteiger partial charge in [0, 0.05) is 18.7 Å². The number of ether oxygens (including phenoxy) is 2. The Bertz CT molecular complexity index is 977. The third kappa shape index (κ3) is 4.24. The molecule has 1 heterocycles. The minimum Gasteiger partial charge on any atom is -0.462 e. The molecule has 1 aromatic rings. The summed E-state index contributed by atoms with van der Waals surface area (Å²) in [6.07, 6.45) is 11.3. The Hall–Kier alpha value is -1.73. The van der Waals surface area contributed by atoms with E-state index >= 15 is 0 Å². The van der Waals surface area contributed by atoms with Crippen molar-refractivity contribution in [2.24, 2.45) is 40.4 Å². The number of carbonyl (C=O) groups excluding carboxylic acids is 2. The van der Waals surface area contributed by atoms with Gasteiger partial charge in [0.25, 0.3) is 0 Å². The van der Waals surface area contributed by atoms with Crippen LogP contribution in [0, 0.1) is 40.4 Å². The Labute approximate surface area is 215 Å². The topological polar surface area (TPSA) is 90.7 Å². The molecule has 0 bridgehead atoms. The third-order valence-electron chi connectivity index (χ3n) is 10.9. The lowest BCUT2D eigenvalue weighted by Crippen LogP contribution is -2.57. The lowest BCUT2D eigenvalue weighted by Gasteiger charge is -2.61. The van der Waals surface area contributed by atoms with Crippen LogP contribution in [0.3, 0.4) is 0 Å². The first-order chi connectivity index (χ1) is 17.2. The van der Waals surface area contributed by atoms with E-state index in [1.165, 1.54) is 19.0 Å². The van der Waals surface area contributed by atoms with Crippen molar-refractivity contribution >= 4 is 11.8 Å². The summed E-state index contributed by atoms with van der Waals surface area (Å²) in [4.78, 5) is 25.6. The monoisotopic (exact) mass is 500 g/mol. The molecular formula is C29H44N2O5. The van der Waals surface area contributed by atoms with Gasteiger partial charge in [-0.1, -0.05) is 13.8 Å². The van der Waals surface area contributed by atoms with Gasteiger partial charge >= 0.3 is 5.97 Å². The average molecular weight is 501 g/mol. The smallest absolute Gasteiger partial charge is 0.341 e. The molecule has 0 spiro atoms. The molecular weight excluding hydrogens is 456 g/mol. The summed E-state index contributed by atoms with van der Waals surface area (Å²) in [6.45, 7) is 9.84. The van der Waals surface area contributed by atoms with Gasteiger partial charge in [-0.3, -0.25) is 9.48 Å². The summed E-state index contributed by atoms with van der Waals surface area (Å²) in [5.41, 5.74) is 0.643. The highest BCUT2D eigenvalue weighted by Gasteiger charge is 2.62. The number of aliphatic hydroxyl groups excluding tert-OH is 1. The minimum atomic E-state index is -0.395. The Morgan fingerprint density at radius 1 is 1.08 bits per heavy atom. The van der Waals surface area contributed by atoms with Crippen molar-refractivity contribution in [1.29, 1.82) is 0 Å². The molecule has 7 nitrogen and oxygen atoms in total. The molecule has 0 radical (unpaired) electrons. The lowest BCUT2D eigenvalue weighted by molar-refractivity contribution is -0.171. The molecule has 4 aliphatic rings. The maximum atomic E-state index is 13.6. The highest BCUT2D eigenvalue weighted by Crippen LogP contribution is 2.67. The first-order valence-electron chi connectivity index (χ1n) is 14.2. The molecule has 0 saturated heterocycles. The number of carbonyl (C=O) groups is 2. The van der Waals surface area contributed by atoms with Crippen molar-refractivity contribution in [3.05, 3.63) is 18.0 Å². The van der Waals surface area contributed by atoms with Gasteiger partial charge in [0.2, 0.25) is 0 Å². The van der Waals surface area contributed by atoms with Crippen LogP contribution in [0.15, 0.2) is 12.4 Å². The van der Waals surface area contributed by atoms with Crippen LogP contribution < -0.4 is 0 Å². The summed E-state index contributed by atoms with van der Waals surface area (Å²) in [5, 5.41) is 15.0. The van der Waals surface area contributed by atoms with E-state index < -0.39 is 5.97 Å². The van der Waals surface area contributed by atoms with Crippen molar-refractivity contribution in [1.82, 2.24) is 9.78 Å². The van der Waals surface area contributed by atoms with Crippen LogP contribution in [-0.4, -0.2) is 52.1 Å². The van der Waals surface area contributed by atoms with E-state index in [2.05, 4.69) is 18.9 Å². The molecule has 4 aliphatic carbocycles. The Morgan fingerprint density at radius 2 is 1.86 bits per heavy atom. The van der Waals surface area contributed by atoms with Crippen molar-refractivity contribution < 1.29 is 24.2 Å². The van der Waals surface area contributed by atoms with E-state index in [1.807, 2.05) is 6.92 Å². The Morgan fingerprint density at radius 3 is 2.61 bits per heavy atom. The van der Waals surface area contributed by atoms with Gasteiger partial charge in [-0.25, -0.2) is 4.79 Å². The normalized spacial score (nSPS) is 41.8. The summed E-state index contributed by atoms with van der Waals surface area (Å²) in [6, 6.07) is 0. The highest BCUT2D eigenvalue weighted by atomic mass is 16.5. The number of fused-ring (bicyclic) bond motifs is 5. The second-order valence-electron chi connectivity index (χ2n) is 12.4. The van der Waals surface area contributed by atoms with Crippen LogP contribution in [0.1, 0.15) is 89.4 Å². The molecule has 5 rings (SSSR count). The zero-order valence-electron chi connectivity index (χ0n) is 22.4. The van der Waals surface area contributed by atoms with Crippen LogP contribution >= 0.6 is 0 Å². The number of aliphatic hydroxyl groups is 1. The molecule has 0 aliphatic heterocycles. The van der Waals surface area contributed by atoms with Gasteiger partial charge in [-0.05, 0) is 99.7 Å². The maximum absolute atomic E-state index is 13.6. The molecule has 7 heteroatoms. The van der Waals surface area contributed by atoms with Gasteiger partial charge in [0.05, 0.1) is 37.1 Å². The second-order valence-corrected chi connectivity index (χ2v) is 12.4. The molecule has 9 atom stereocenters. The van der Waals surface area contributed by atoms with Crippen molar-refractivity contribution in [3.8, 4) is 0 Å². The SMILES string of the molecule is CCOC(=O)c1cnn(CC(=O)[C@H]2CC[C@H]3[C@@H]4CC[C@H]5C[C@H](O)[C@@H](OCC)C[C@]5(C)[C@H]4CC[C@]23C)c1. The maximum Gasteiger partial charge on any atom is 0.341 e. The quantitative estimate of drug-likeness (QED) is 0.548. The lowest BCUT2D eigenvalue weighted by atomic mass is 9.44. The van der Waals surface area contributed by atoms with Gasteiger partial charge in [0.1, 0.15) is 0 Å². The van der Waals surface area contributed by atoms with Crippen LogP contribution in [0.2, 0.25) is 0 Å². The first kappa shape index (κ1) is 25.9. The predicted octanol–water partition coefficient (Wildman–Crippen LogP) is 4.66. The van der Waals surface area contributed by atoms with Crippen molar-refractivity contribution in [3.63, 3.8) is 0 Å². The number of ketones is 1. The number of rotatable bonds is 7. The van der Waals surface area contributed by atoms with E-state index in [4.69, 9.17) is 9.47 Å². The van der Waals surface area contributed by atoms with Crippen LogP contribution in [0.25, 0.3) is 0 Å². The fraction of sp³-hybridized carbons (Fsp3) is 0.828. The fourth-order valence-corrected chi connectivity index (χ4v) is 9.21. The van der Waals surface area contributed by atoms with Crippen LogP contribution in [0.5, 0.6) is 0 Å². The molecule has 1 N–H and O–H groups in total. The van der Waals surface area contributed by atoms with Gasteiger partial charge in [-0.15, -0.1) is 0 Å². The molecule has 36 heavy (non-hydrogen) atoms. The summed E-state index contributed by atoms with van der Waals surface area (Å²) < 4.78 is 12.7. The van der Waals surface area contributed by atoms with E-state index in [0.717, 1.165) is 38.5 Å². The number of esters is 1. The molecule has 0 amide bonds. The van der Waals surface area contributed by atoms with Crippen LogP contribution in [-0.2, 0) is 20.8 Å². The minimum absolute atomic E-state index is 0.0338. The highest BCUT2D eigenvalue weighted by molar-refractivity contribution is 5.89. The number of hydrogen-bond acceptors (Lipinski definition) is 6. The van der Waals surface area contributed by atoms with E-state index in [1.54, 1.807) is 17.8 Å².